The van der Waals surface area contributed by atoms with Crippen molar-refractivity contribution in [3.8, 4) is 6.07 Å². The van der Waals surface area contributed by atoms with Crippen molar-refractivity contribution in [2.75, 3.05) is 0 Å². The SMILES string of the molecule is N#Cc1cc(SCc2ccccc2F)ccn1. The van der Waals surface area contributed by atoms with Gasteiger partial charge in [-0.25, -0.2) is 9.37 Å². The molecule has 0 radical (unpaired) electrons. The molecule has 0 fully saturated rings. The lowest BCUT2D eigenvalue weighted by Gasteiger charge is -2.03. The minimum absolute atomic E-state index is 0.199. The Morgan fingerprint density at radius 3 is 2.88 bits per heavy atom. The molecule has 84 valence electrons. The monoisotopic (exact) mass is 244 g/mol. The van der Waals surface area contributed by atoms with Gasteiger partial charge in [-0.3, -0.25) is 0 Å². The van der Waals surface area contributed by atoms with Gasteiger partial charge in [-0.2, -0.15) is 5.26 Å². The van der Waals surface area contributed by atoms with Crippen molar-refractivity contribution in [2.24, 2.45) is 0 Å². The highest BCUT2D eigenvalue weighted by Gasteiger charge is 2.02. The molecule has 0 atom stereocenters. The molecule has 0 amide bonds. The molecule has 2 aromatic rings. The van der Waals surface area contributed by atoms with Crippen LogP contribution in [0.3, 0.4) is 0 Å². The van der Waals surface area contributed by atoms with Gasteiger partial charge in [0.1, 0.15) is 17.6 Å². The fourth-order valence-corrected chi connectivity index (χ4v) is 2.25. The van der Waals surface area contributed by atoms with Crippen molar-refractivity contribution >= 4 is 11.8 Å². The smallest absolute Gasteiger partial charge is 0.141 e. The van der Waals surface area contributed by atoms with Gasteiger partial charge in [0.2, 0.25) is 0 Å². The lowest BCUT2D eigenvalue weighted by atomic mass is 10.2. The molecule has 1 aromatic carbocycles. The molecule has 0 spiro atoms. The number of thioether (sulfide) groups is 1. The largest absolute Gasteiger partial charge is 0.245 e. The van der Waals surface area contributed by atoms with E-state index in [1.54, 1.807) is 24.4 Å². The first-order chi connectivity index (χ1) is 8.29. The van der Waals surface area contributed by atoms with Crippen LogP contribution in [0.5, 0.6) is 0 Å². The lowest BCUT2D eigenvalue weighted by Crippen LogP contribution is -1.87. The number of nitriles is 1. The summed E-state index contributed by atoms with van der Waals surface area (Å²) in [5.41, 5.74) is 1.04. The summed E-state index contributed by atoms with van der Waals surface area (Å²) < 4.78 is 13.4. The first-order valence-corrected chi connectivity index (χ1v) is 6.00. The van der Waals surface area contributed by atoms with Crippen molar-refractivity contribution in [1.82, 2.24) is 4.98 Å². The predicted molar refractivity (Wildman–Crippen MR) is 64.9 cm³/mol. The lowest BCUT2D eigenvalue weighted by molar-refractivity contribution is 0.617. The van der Waals surface area contributed by atoms with E-state index in [2.05, 4.69) is 4.98 Å². The summed E-state index contributed by atoms with van der Waals surface area (Å²) >= 11 is 1.49. The number of halogens is 1. The molecular weight excluding hydrogens is 235 g/mol. The van der Waals surface area contributed by atoms with Crippen molar-refractivity contribution < 1.29 is 4.39 Å². The highest BCUT2D eigenvalue weighted by Crippen LogP contribution is 2.23. The van der Waals surface area contributed by atoms with Gasteiger partial charge in [0, 0.05) is 16.8 Å². The molecule has 0 aliphatic rings. The molecule has 0 unspecified atom stereocenters. The normalized spacial score (nSPS) is 9.88. The highest BCUT2D eigenvalue weighted by atomic mass is 32.2. The Hall–Kier alpha value is -1.86. The third-order valence-corrected chi connectivity index (χ3v) is 3.24. The maximum Gasteiger partial charge on any atom is 0.141 e. The van der Waals surface area contributed by atoms with E-state index in [-0.39, 0.29) is 5.82 Å². The van der Waals surface area contributed by atoms with Gasteiger partial charge in [0.05, 0.1) is 0 Å². The van der Waals surface area contributed by atoms with Gasteiger partial charge < -0.3 is 0 Å². The Kier molecular flexibility index (Phi) is 3.73. The summed E-state index contributed by atoms with van der Waals surface area (Å²) in [6.45, 7) is 0. The van der Waals surface area contributed by atoms with Crippen LogP contribution in [0, 0.1) is 17.1 Å². The second-order valence-corrected chi connectivity index (χ2v) is 4.42. The highest BCUT2D eigenvalue weighted by molar-refractivity contribution is 7.98. The predicted octanol–water partition coefficient (Wildman–Crippen LogP) is 3.38. The molecular formula is C13H9FN2S. The molecule has 2 rings (SSSR count). The van der Waals surface area contributed by atoms with Gasteiger partial charge in [-0.1, -0.05) is 18.2 Å². The van der Waals surface area contributed by atoms with E-state index in [0.29, 0.717) is 17.0 Å². The second-order valence-electron chi connectivity index (χ2n) is 3.37. The molecule has 1 aromatic heterocycles. The number of pyridine rings is 1. The summed E-state index contributed by atoms with van der Waals surface area (Å²) in [6.07, 6.45) is 1.59. The van der Waals surface area contributed by atoms with Crippen LogP contribution in [-0.2, 0) is 5.75 Å². The average Bonchev–Trinajstić information content (AvgIpc) is 2.38. The minimum atomic E-state index is -0.199. The van der Waals surface area contributed by atoms with Gasteiger partial charge in [-0.15, -0.1) is 11.8 Å². The Balaban J connectivity index is 2.08. The Labute approximate surface area is 103 Å². The third-order valence-electron chi connectivity index (χ3n) is 2.20. The van der Waals surface area contributed by atoms with Crippen LogP contribution in [0.4, 0.5) is 4.39 Å². The topological polar surface area (TPSA) is 36.7 Å². The third kappa shape index (κ3) is 3.05. The molecule has 1 heterocycles. The minimum Gasteiger partial charge on any atom is -0.245 e. The summed E-state index contributed by atoms with van der Waals surface area (Å²) in [6, 6.07) is 12.2. The van der Waals surface area contributed by atoms with E-state index < -0.39 is 0 Å². The van der Waals surface area contributed by atoms with Crippen LogP contribution in [0.15, 0.2) is 47.5 Å². The van der Waals surface area contributed by atoms with Crippen LogP contribution in [0.25, 0.3) is 0 Å². The van der Waals surface area contributed by atoms with Crippen LogP contribution >= 0.6 is 11.8 Å². The molecule has 0 aliphatic heterocycles. The fourth-order valence-electron chi connectivity index (χ4n) is 1.34. The van der Waals surface area contributed by atoms with Crippen LogP contribution < -0.4 is 0 Å². The van der Waals surface area contributed by atoms with Crippen molar-refractivity contribution in [2.45, 2.75) is 10.6 Å². The van der Waals surface area contributed by atoms with E-state index in [4.69, 9.17) is 5.26 Å². The number of hydrogen-bond donors (Lipinski definition) is 0. The molecule has 0 bridgehead atoms. The first kappa shape index (κ1) is 11.6. The Bertz CT molecular complexity index is 563. The number of benzene rings is 1. The van der Waals surface area contributed by atoms with Crippen LogP contribution in [-0.4, -0.2) is 4.98 Å². The number of aromatic nitrogens is 1. The molecule has 2 nitrogen and oxygen atoms in total. The summed E-state index contributed by atoms with van der Waals surface area (Å²) in [5, 5.41) is 8.71. The second kappa shape index (κ2) is 5.46. The van der Waals surface area contributed by atoms with E-state index in [0.717, 1.165) is 4.90 Å². The summed E-state index contributed by atoms with van der Waals surface area (Å²) in [5.74, 6) is 0.344. The Morgan fingerprint density at radius 2 is 2.12 bits per heavy atom. The van der Waals surface area contributed by atoms with Crippen LogP contribution in [0.1, 0.15) is 11.3 Å². The maximum absolute atomic E-state index is 13.4. The molecule has 0 saturated heterocycles. The number of hydrogen-bond acceptors (Lipinski definition) is 3. The molecule has 0 saturated carbocycles. The zero-order chi connectivity index (χ0) is 12.1. The average molecular weight is 244 g/mol. The van der Waals surface area contributed by atoms with E-state index in [1.165, 1.54) is 17.8 Å². The zero-order valence-electron chi connectivity index (χ0n) is 8.93. The Morgan fingerprint density at radius 1 is 1.29 bits per heavy atom. The van der Waals surface area contributed by atoms with E-state index in [9.17, 15) is 4.39 Å². The van der Waals surface area contributed by atoms with E-state index >= 15 is 0 Å². The van der Waals surface area contributed by atoms with Gasteiger partial charge in [0.25, 0.3) is 0 Å². The van der Waals surface area contributed by atoms with Crippen LogP contribution in [0.2, 0.25) is 0 Å². The molecule has 17 heavy (non-hydrogen) atoms. The van der Waals surface area contributed by atoms with E-state index in [1.807, 2.05) is 18.2 Å². The fraction of sp³-hybridized carbons (Fsp3) is 0.0769. The maximum atomic E-state index is 13.4. The van der Waals surface area contributed by atoms with Crippen molar-refractivity contribution in [3.05, 3.63) is 59.7 Å². The first-order valence-electron chi connectivity index (χ1n) is 5.02. The van der Waals surface area contributed by atoms with Gasteiger partial charge in [-0.05, 0) is 23.8 Å². The van der Waals surface area contributed by atoms with Crippen molar-refractivity contribution in [1.29, 1.82) is 5.26 Å². The van der Waals surface area contributed by atoms with Gasteiger partial charge in [0.15, 0.2) is 0 Å². The summed E-state index contributed by atoms with van der Waals surface area (Å²) in [4.78, 5) is 4.80. The molecule has 0 aliphatic carbocycles. The van der Waals surface area contributed by atoms with Gasteiger partial charge >= 0.3 is 0 Å². The number of nitrogens with zero attached hydrogens (tertiary/aromatic N) is 2. The molecule has 4 heteroatoms. The quantitative estimate of drug-likeness (QED) is 0.776. The number of rotatable bonds is 3. The standard InChI is InChI=1S/C13H9FN2S/c14-13-4-2-1-3-10(13)9-17-12-5-6-16-11(7-12)8-15/h1-7H,9H2. The molecule has 0 N–H and O–H groups in total. The summed E-state index contributed by atoms with van der Waals surface area (Å²) in [7, 11) is 0. The zero-order valence-corrected chi connectivity index (χ0v) is 9.75. The van der Waals surface area contributed by atoms with Crippen molar-refractivity contribution in [3.63, 3.8) is 0 Å².